The van der Waals surface area contributed by atoms with Crippen LogP contribution in [0.2, 0.25) is 0 Å². The maximum absolute atomic E-state index is 11.5. The second kappa shape index (κ2) is 5.86. The van der Waals surface area contributed by atoms with Gasteiger partial charge >= 0.3 is 0 Å². The van der Waals surface area contributed by atoms with Crippen molar-refractivity contribution in [3.05, 3.63) is 54.6 Å². The maximum atomic E-state index is 11.5. The average Bonchev–Trinajstić information content (AvgIpc) is 2.40. The number of hydrogen-bond acceptors (Lipinski definition) is 3. The molecule has 0 radical (unpaired) electrons. The van der Waals surface area contributed by atoms with E-state index in [-0.39, 0.29) is 5.75 Å². The molecule has 0 aliphatic carbocycles. The van der Waals surface area contributed by atoms with Gasteiger partial charge in [0.25, 0.3) is 0 Å². The van der Waals surface area contributed by atoms with Crippen LogP contribution < -0.4 is 4.72 Å². The van der Waals surface area contributed by atoms with Crippen LogP contribution in [0.1, 0.15) is 0 Å². The highest BCUT2D eigenvalue weighted by Gasteiger charge is 2.09. The third-order valence-corrected chi connectivity index (χ3v) is 3.89. The van der Waals surface area contributed by atoms with Gasteiger partial charge in [-0.05, 0) is 23.3 Å². The lowest BCUT2D eigenvalue weighted by Gasteiger charge is -2.07. The van der Waals surface area contributed by atoms with Gasteiger partial charge in [0, 0.05) is 5.69 Å². The van der Waals surface area contributed by atoms with Gasteiger partial charge in [-0.2, -0.15) is 0 Å². The Morgan fingerprint density at radius 2 is 1.47 bits per heavy atom. The van der Waals surface area contributed by atoms with Crippen LogP contribution in [0.15, 0.2) is 54.6 Å². The lowest BCUT2D eigenvalue weighted by atomic mass is 10.1. The van der Waals surface area contributed by atoms with E-state index in [1.54, 1.807) is 12.1 Å². The smallest absolute Gasteiger partial charge is 0.234 e. The Labute approximate surface area is 112 Å². The number of rotatable bonds is 5. The molecule has 0 bridgehead atoms. The summed E-state index contributed by atoms with van der Waals surface area (Å²) in [6, 6.07) is 16.9. The first-order valence-electron chi connectivity index (χ1n) is 5.87. The maximum Gasteiger partial charge on any atom is 0.234 e. The van der Waals surface area contributed by atoms with Gasteiger partial charge < -0.3 is 5.11 Å². The molecule has 4 nitrogen and oxygen atoms in total. The topological polar surface area (TPSA) is 66.4 Å². The van der Waals surface area contributed by atoms with Gasteiger partial charge in [0.15, 0.2) is 0 Å². The van der Waals surface area contributed by atoms with Gasteiger partial charge in [-0.3, -0.25) is 4.72 Å². The van der Waals surface area contributed by atoms with Crippen molar-refractivity contribution in [2.24, 2.45) is 0 Å². The van der Waals surface area contributed by atoms with Gasteiger partial charge in [-0.1, -0.05) is 42.5 Å². The van der Waals surface area contributed by atoms with Gasteiger partial charge in [0.2, 0.25) is 10.0 Å². The summed E-state index contributed by atoms with van der Waals surface area (Å²) in [4.78, 5) is 0. The van der Waals surface area contributed by atoms with E-state index in [0.29, 0.717) is 5.69 Å². The number of sulfonamides is 1. The second-order valence-electron chi connectivity index (χ2n) is 4.09. The Hall–Kier alpha value is -1.85. The minimum absolute atomic E-state index is 0.298. The molecule has 0 spiro atoms. The van der Waals surface area contributed by atoms with Crippen LogP contribution in [0.5, 0.6) is 0 Å². The zero-order valence-corrected chi connectivity index (χ0v) is 11.1. The summed E-state index contributed by atoms with van der Waals surface area (Å²) in [5, 5.41) is 8.65. The third-order valence-electron chi connectivity index (χ3n) is 2.63. The first-order valence-corrected chi connectivity index (χ1v) is 7.53. The predicted octanol–water partition coefficient (Wildman–Crippen LogP) is 2.09. The highest BCUT2D eigenvalue weighted by atomic mass is 32.2. The van der Waals surface area contributed by atoms with E-state index in [2.05, 4.69) is 4.72 Å². The monoisotopic (exact) mass is 277 g/mol. The number of aliphatic hydroxyl groups is 1. The normalized spacial score (nSPS) is 11.2. The lowest BCUT2D eigenvalue weighted by molar-refractivity contribution is 0.320. The molecule has 0 heterocycles. The fourth-order valence-electron chi connectivity index (χ4n) is 1.71. The van der Waals surface area contributed by atoms with Crippen LogP contribution in [0, 0.1) is 0 Å². The molecular formula is C14H15NO3S. The summed E-state index contributed by atoms with van der Waals surface area (Å²) in [6.07, 6.45) is 0. The molecule has 0 saturated carbocycles. The summed E-state index contributed by atoms with van der Waals surface area (Å²) < 4.78 is 25.4. The van der Waals surface area contributed by atoms with E-state index in [1.807, 2.05) is 42.5 Å². The molecule has 0 unspecified atom stereocenters. The van der Waals surface area contributed by atoms with Crippen LogP contribution in [-0.2, 0) is 10.0 Å². The molecule has 19 heavy (non-hydrogen) atoms. The molecule has 0 fully saturated rings. The zero-order chi connectivity index (χ0) is 13.7. The van der Waals surface area contributed by atoms with E-state index in [4.69, 9.17) is 5.11 Å². The Morgan fingerprint density at radius 3 is 2.05 bits per heavy atom. The SMILES string of the molecule is O=S(=O)(CCO)Nc1ccc(-c2ccccc2)cc1. The Kier molecular flexibility index (Phi) is 4.19. The minimum Gasteiger partial charge on any atom is -0.395 e. The van der Waals surface area contributed by atoms with Gasteiger partial charge in [0.1, 0.15) is 0 Å². The summed E-state index contributed by atoms with van der Waals surface area (Å²) in [5.41, 5.74) is 2.59. The van der Waals surface area contributed by atoms with Crippen molar-refractivity contribution in [3.8, 4) is 11.1 Å². The van der Waals surface area contributed by atoms with Gasteiger partial charge in [0.05, 0.1) is 12.4 Å². The summed E-state index contributed by atoms with van der Waals surface area (Å²) in [5.74, 6) is -0.298. The van der Waals surface area contributed by atoms with Gasteiger partial charge in [-0.25, -0.2) is 8.42 Å². The molecule has 0 aliphatic rings. The van der Waals surface area contributed by atoms with E-state index in [9.17, 15) is 8.42 Å². The molecule has 2 rings (SSSR count). The van der Waals surface area contributed by atoms with Crippen LogP contribution >= 0.6 is 0 Å². The zero-order valence-electron chi connectivity index (χ0n) is 10.3. The van der Waals surface area contributed by atoms with E-state index >= 15 is 0 Å². The predicted molar refractivity (Wildman–Crippen MR) is 76.4 cm³/mol. The molecule has 0 aromatic heterocycles. The number of benzene rings is 2. The number of anilines is 1. The van der Waals surface area contributed by atoms with Crippen LogP contribution in [0.4, 0.5) is 5.69 Å². The Balaban J connectivity index is 2.16. The number of nitrogens with one attached hydrogen (secondary N) is 1. The summed E-state index contributed by atoms with van der Waals surface area (Å²) in [6.45, 7) is -0.391. The van der Waals surface area contributed by atoms with Crippen molar-refractivity contribution >= 4 is 15.7 Å². The highest BCUT2D eigenvalue weighted by molar-refractivity contribution is 7.92. The molecule has 2 aromatic rings. The van der Waals surface area contributed by atoms with E-state index in [0.717, 1.165) is 11.1 Å². The molecule has 100 valence electrons. The first kappa shape index (κ1) is 13.6. The largest absolute Gasteiger partial charge is 0.395 e. The molecule has 0 saturated heterocycles. The lowest BCUT2D eigenvalue weighted by Crippen LogP contribution is -2.18. The van der Waals surface area contributed by atoms with Crippen LogP contribution in [0.3, 0.4) is 0 Å². The summed E-state index contributed by atoms with van der Waals surface area (Å²) >= 11 is 0. The van der Waals surface area contributed by atoms with Crippen molar-refractivity contribution in [3.63, 3.8) is 0 Å². The van der Waals surface area contributed by atoms with Crippen molar-refractivity contribution < 1.29 is 13.5 Å². The molecular weight excluding hydrogens is 262 g/mol. The molecule has 2 N–H and O–H groups in total. The van der Waals surface area contributed by atoms with Crippen LogP contribution in [-0.4, -0.2) is 25.9 Å². The fourth-order valence-corrected chi connectivity index (χ4v) is 2.55. The molecule has 2 aromatic carbocycles. The van der Waals surface area contributed by atoms with E-state index in [1.165, 1.54) is 0 Å². The fraction of sp³-hybridized carbons (Fsp3) is 0.143. The molecule has 0 atom stereocenters. The number of aliphatic hydroxyl groups excluding tert-OH is 1. The minimum atomic E-state index is -3.46. The van der Waals surface area contributed by atoms with Crippen molar-refractivity contribution in [2.75, 3.05) is 17.1 Å². The Bertz CT molecular complexity index is 622. The average molecular weight is 277 g/mol. The summed E-state index contributed by atoms with van der Waals surface area (Å²) in [7, 11) is -3.46. The number of hydrogen-bond donors (Lipinski definition) is 2. The van der Waals surface area contributed by atoms with Gasteiger partial charge in [-0.15, -0.1) is 0 Å². The molecule has 0 aliphatic heterocycles. The highest BCUT2D eigenvalue weighted by Crippen LogP contribution is 2.21. The quantitative estimate of drug-likeness (QED) is 0.879. The van der Waals surface area contributed by atoms with E-state index < -0.39 is 16.6 Å². The van der Waals surface area contributed by atoms with Crippen molar-refractivity contribution in [1.29, 1.82) is 0 Å². The third kappa shape index (κ3) is 3.81. The van der Waals surface area contributed by atoms with Crippen molar-refractivity contribution in [2.45, 2.75) is 0 Å². The second-order valence-corrected chi connectivity index (χ2v) is 5.93. The standard InChI is InChI=1S/C14H15NO3S/c16-10-11-19(17,18)15-14-8-6-13(7-9-14)12-4-2-1-3-5-12/h1-9,15-16H,10-11H2. The van der Waals surface area contributed by atoms with Crippen LogP contribution in [0.25, 0.3) is 11.1 Å². The molecule has 0 amide bonds. The molecule has 5 heteroatoms. The Morgan fingerprint density at radius 1 is 0.895 bits per heavy atom. The first-order chi connectivity index (χ1) is 9.11. The van der Waals surface area contributed by atoms with Crippen molar-refractivity contribution in [1.82, 2.24) is 0 Å².